The Morgan fingerprint density at radius 2 is 1.85 bits per heavy atom. The number of hydrogen-bond acceptors (Lipinski definition) is 4. The molecule has 2 aromatic carbocycles. The first-order valence-corrected chi connectivity index (χ1v) is 13.8. The Morgan fingerprint density at radius 1 is 1.15 bits per heavy atom. The Labute approximate surface area is 236 Å². The van der Waals surface area contributed by atoms with Crippen LogP contribution in [0.5, 0.6) is 0 Å². The number of halogens is 1. The molecule has 3 heterocycles. The monoisotopic (exact) mass is 539 g/mol. The van der Waals surface area contributed by atoms with Crippen molar-refractivity contribution in [2.45, 2.75) is 32.7 Å². The van der Waals surface area contributed by atoms with Gasteiger partial charge in [0.25, 0.3) is 0 Å². The van der Waals surface area contributed by atoms with Gasteiger partial charge < -0.3 is 14.2 Å². The topological polar surface area (TPSA) is 48.1 Å². The van der Waals surface area contributed by atoms with Gasteiger partial charge in [-0.3, -0.25) is 0 Å². The van der Waals surface area contributed by atoms with Crippen LogP contribution in [-0.4, -0.2) is 46.9 Å². The summed E-state index contributed by atoms with van der Waals surface area (Å²) < 4.78 is 25.8. The second-order valence-electron chi connectivity index (χ2n) is 10.7. The van der Waals surface area contributed by atoms with Gasteiger partial charge in [0.1, 0.15) is 5.82 Å². The van der Waals surface area contributed by atoms with Crippen molar-refractivity contribution in [3.8, 4) is 0 Å². The average molecular weight is 540 g/mol. The van der Waals surface area contributed by atoms with Crippen LogP contribution in [0, 0.1) is 25.6 Å². The molecule has 1 atom stereocenters. The summed E-state index contributed by atoms with van der Waals surface area (Å²) in [6.07, 6.45) is 7.63. The summed E-state index contributed by atoms with van der Waals surface area (Å²) in [6, 6.07) is 12.2. The van der Waals surface area contributed by atoms with Crippen LogP contribution in [-0.2, 0) is 11.8 Å². The highest BCUT2D eigenvalue weighted by Crippen LogP contribution is 2.44. The van der Waals surface area contributed by atoms with Crippen molar-refractivity contribution in [3.05, 3.63) is 95.2 Å². The molecule has 0 N–H and O–H groups in total. The van der Waals surface area contributed by atoms with E-state index < -0.39 is 0 Å². The highest BCUT2D eigenvalue weighted by Gasteiger charge is 2.32. The largest absolute Gasteiger partial charge is 0.381 e. The molecule has 0 saturated carbocycles. The normalized spacial score (nSPS) is 15.4. The zero-order valence-corrected chi connectivity index (χ0v) is 24.1. The first-order valence-electron chi connectivity index (χ1n) is 13.8. The summed E-state index contributed by atoms with van der Waals surface area (Å²) in [4.78, 5) is 1.82. The SMILES string of the molecule is C=C/C(=C\c1c(C)c2c(C=C)c(N(C)C)c(F)cc2n1[C@H](c1ccccc1)C1CCOCC1)c1c(C)nnn1C. The van der Waals surface area contributed by atoms with E-state index in [2.05, 4.69) is 65.3 Å². The van der Waals surface area contributed by atoms with Crippen molar-refractivity contribution in [1.82, 2.24) is 19.6 Å². The second kappa shape index (κ2) is 11.3. The summed E-state index contributed by atoms with van der Waals surface area (Å²) in [6.45, 7) is 13.7. The maximum atomic E-state index is 15.9. The molecule has 40 heavy (non-hydrogen) atoms. The molecule has 2 aromatic heterocycles. The minimum Gasteiger partial charge on any atom is -0.381 e. The van der Waals surface area contributed by atoms with Crippen LogP contribution in [0.25, 0.3) is 28.6 Å². The molecule has 0 unspecified atom stereocenters. The van der Waals surface area contributed by atoms with Crippen LogP contribution in [0.1, 0.15) is 52.7 Å². The molecular formula is C33H38FN5O. The molecule has 0 aliphatic carbocycles. The number of benzene rings is 2. The van der Waals surface area contributed by atoms with E-state index in [0.29, 0.717) is 24.8 Å². The van der Waals surface area contributed by atoms with Crippen molar-refractivity contribution in [2.75, 3.05) is 32.2 Å². The summed E-state index contributed by atoms with van der Waals surface area (Å²) >= 11 is 0. The number of aryl methyl sites for hydroxylation is 3. The highest BCUT2D eigenvalue weighted by atomic mass is 19.1. The Hall–Kier alpha value is -3.97. The average Bonchev–Trinajstić information content (AvgIpc) is 3.42. The van der Waals surface area contributed by atoms with Crippen molar-refractivity contribution in [1.29, 1.82) is 0 Å². The number of rotatable bonds is 8. The Morgan fingerprint density at radius 3 is 2.42 bits per heavy atom. The van der Waals surface area contributed by atoms with Crippen LogP contribution in [0.2, 0.25) is 0 Å². The third kappa shape index (κ3) is 4.68. The number of ether oxygens (including phenoxy) is 1. The van der Waals surface area contributed by atoms with Crippen LogP contribution in [0.4, 0.5) is 10.1 Å². The third-order valence-electron chi connectivity index (χ3n) is 8.11. The van der Waals surface area contributed by atoms with Gasteiger partial charge in [-0.25, -0.2) is 9.07 Å². The third-order valence-corrected chi connectivity index (χ3v) is 8.11. The number of fused-ring (bicyclic) bond motifs is 1. The highest BCUT2D eigenvalue weighted by molar-refractivity contribution is 6.01. The Balaban J connectivity index is 1.92. The molecule has 0 spiro atoms. The van der Waals surface area contributed by atoms with E-state index in [4.69, 9.17) is 4.74 Å². The second-order valence-corrected chi connectivity index (χ2v) is 10.7. The zero-order valence-electron chi connectivity index (χ0n) is 24.1. The summed E-state index contributed by atoms with van der Waals surface area (Å²) in [5.41, 5.74) is 8.08. The Bertz CT molecular complexity index is 1570. The lowest BCUT2D eigenvalue weighted by Gasteiger charge is -2.34. The molecule has 208 valence electrons. The van der Waals surface area contributed by atoms with E-state index in [9.17, 15) is 0 Å². The molecule has 7 heteroatoms. The van der Waals surface area contributed by atoms with Crippen LogP contribution in [0.3, 0.4) is 0 Å². The molecular weight excluding hydrogens is 501 g/mol. The van der Waals surface area contributed by atoms with Gasteiger partial charge in [-0.1, -0.05) is 60.9 Å². The van der Waals surface area contributed by atoms with Gasteiger partial charge in [0.05, 0.1) is 28.6 Å². The standard InChI is InChI=1S/C33H38FN5O/c1-8-23(31-22(4)35-36-38(31)7)19-28-21(3)30-26(9-2)33(37(5)6)27(34)20-29(30)39(28)32(24-13-11-10-12-14-24)25-15-17-40-18-16-25/h8-14,19-20,25,32H,1-2,15-18H2,3-7H3/b23-19+/t32-/m1/s1. The summed E-state index contributed by atoms with van der Waals surface area (Å²) in [5, 5.41) is 9.51. The number of aromatic nitrogens is 4. The number of anilines is 1. The van der Waals surface area contributed by atoms with E-state index in [1.807, 2.05) is 45.1 Å². The van der Waals surface area contributed by atoms with Crippen LogP contribution < -0.4 is 4.90 Å². The van der Waals surface area contributed by atoms with Crippen molar-refractivity contribution >= 4 is 34.3 Å². The van der Waals surface area contributed by atoms with Gasteiger partial charge in [0.2, 0.25) is 0 Å². The molecule has 0 amide bonds. The van der Waals surface area contributed by atoms with E-state index in [-0.39, 0.29) is 11.9 Å². The fourth-order valence-corrected chi connectivity index (χ4v) is 6.34. The van der Waals surface area contributed by atoms with Crippen molar-refractivity contribution in [3.63, 3.8) is 0 Å². The molecule has 0 bridgehead atoms. The zero-order chi connectivity index (χ0) is 28.6. The van der Waals surface area contributed by atoms with E-state index >= 15 is 4.39 Å². The van der Waals surface area contributed by atoms with Crippen molar-refractivity contribution in [2.24, 2.45) is 13.0 Å². The first kappa shape index (κ1) is 27.6. The fourth-order valence-electron chi connectivity index (χ4n) is 6.34. The van der Waals surface area contributed by atoms with Crippen LogP contribution in [0.15, 0.2) is 55.6 Å². The van der Waals surface area contributed by atoms with E-state index in [0.717, 1.165) is 57.5 Å². The minimum atomic E-state index is -0.268. The minimum absolute atomic E-state index is 0.0216. The van der Waals surface area contributed by atoms with Crippen molar-refractivity contribution < 1.29 is 9.13 Å². The molecule has 6 nitrogen and oxygen atoms in total. The lowest BCUT2D eigenvalue weighted by molar-refractivity contribution is 0.0547. The fraction of sp³-hybridized carbons (Fsp3) is 0.333. The summed E-state index contributed by atoms with van der Waals surface area (Å²) in [5.74, 6) is 0.0467. The maximum absolute atomic E-state index is 15.9. The predicted octanol–water partition coefficient (Wildman–Crippen LogP) is 6.98. The van der Waals surface area contributed by atoms with Gasteiger partial charge in [0.15, 0.2) is 0 Å². The molecule has 4 aromatic rings. The summed E-state index contributed by atoms with van der Waals surface area (Å²) in [7, 11) is 5.62. The first-order chi connectivity index (χ1) is 19.3. The molecule has 1 saturated heterocycles. The maximum Gasteiger partial charge on any atom is 0.149 e. The van der Waals surface area contributed by atoms with Gasteiger partial charge in [-0.2, -0.15) is 0 Å². The molecule has 1 aliphatic rings. The Kier molecular flexibility index (Phi) is 7.76. The van der Waals surface area contributed by atoms with E-state index in [1.165, 1.54) is 5.56 Å². The number of nitrogens with zero attached hydrogens (tertiary/aromatic N) is 5. The van der Waals surface area contributed by atoms with Crippen LogP contribution >= 0.6 is 0 Å². The van der Waals surface area contributed by atoms with Gasteiger partial charge in [0, 0.05) is 62.6 Å². The molecule has 1 fully saturated rings. The molecule has 0 radical (unpaired) electrons. The molecule has 1 aliphatic heterocycles. The van der Waals surface area contributed by atoms with Gasteiger partial charge in [-0.15, -0.1) is 5.10 Å². The quantitative estimate of drug-likeness (QED) is 0.227. The number of allylic oxidation sites excluding steroid dienone is 2. The predicted molar refractivity (Wildman–Crippen MR) is 163 cm³/mol. The lowest BCUT2D eigenvalue weighted by atomic mass is 9.86. The number of hydrogen-bond donors (Lipinski definition) is 0. The smallest absolute Gasteiger partial charge is 0.149 e. The van der Waals surface area contributed by atoms with E-state index in [1.54, 1.807) is 16.8 Å². The molecule has 5 rings (SSSR count). The van der Waals surface area contributed by atoms with Gasteiger partial charge >= 0.3 is 0 Å². The van der Waals surface area contributed by atoms with Gasteiger partial charge in [-0.05, 0) is 49.8 Å². The lowest BCUT2D eigenvalue weighted by Crippen LogP contribution is -2.27.